The Balaban J connectivity index is 2.67. The second kappa shape index (κ2) is 8.08. The number of rotatable bonds is 4. The Labute approximate surface area is 124 Å². The zero-order valence-corrected chi connectivity index (χ0v) is 12.5. The van der Waals surface area contributed by atoms with Gasteiger partial charge in [-0.1, -0.05) is 11.8 Å². The van der Waals surface area contributed by atoms with E-state index in [9.17, 15) is 9.59 Å². The number of aliphatic hydroxyl groups is 1. The fourth-order valence-electron chi connectivity index (χ4n) is 1.72. The van der Waals surface area contributed by atoms with Gasteiger partial charge >= 0.3 is 0 Å². The van der Waals surface area contributed by atoms with E-state index in [0.29, 0.717) is 5.56 Å². The van der Waals surface area contributed by atoms with Gasteiger partial charge in [-0.2, -0.15) is 0 Å². The first-order valence-corrected chi connectivity index (χ1v) is 6.72. The molecule has 0 spiro atoms. The molecular formula is C16H20N2O3. The van der Waals surface area contributed by atoms with Gasteiger partial charge in [0.15, 0.2) is 0 Å². The predicted molar refractivity (Wildman–Crippen MR) is 80.8 cm³/mol. The van der Waals surface area contributed by atoms with Crippen molar-refractivity contribution in [3.05, 3.63) is 34.9 Å². The van der Waals surface area contributed by atoms with Crippen molar-refractivity contribution in [2.24, 2.45) is 0 Å². The minimum Gasteiger partial charge on any atom is -0.384 e. The SMILES string of the molecule is Cc1cc(C(=O)NCC(=O)NC(C)C)ccc1C#CCO. The predicted octanol–water partition coefficient (Wildman–Crippen LogP) is 0.593. The molecule has 112 valence electrons. The summed E-state index contributed by atoms with van der Waals surface area (Å²) in [6, 6.07) is 5.11. The van der Waals surface area contributed by atoms with Crippen LogP contribution in [-0.4, -0.2) is 36.1 Å². The molecule has 0 unspecified atom stereocenters. The quantitative estimate of drug-likeness (QED) is 0.710. The van der Waals surface area contributed by atoms with Gasteiger partial charge in [-0.3, -0.25) is 9.59 Å². The van der Waals surface area contributed by atoms with Crippen molar-refractivity contribution in [3.63, 3.8) is 0 Å². The third kappa shape index (κ3) is 5.67. The lowest BCUT2D eigenvalue weighted by Crippen LogP contribution is -2.39. The zero-order valence-electron chi connectivity index (χ0n) is 12.5. The van der Waals surface area contributed by atoms with Crippen LogP contribution in [-0.2, 0) is 4.79 Å². The molecule has 3 N–H and O–H groups in total. The van der Waals surface area contributed by atoms with Crippen molar-refractivity contribution in [2.75, 3.05) is 13.2 Å². The number of aliphatic hydroxyl groups excluding tert-OH is 1. The molecule has 1 rings (SSSR count). The van der Waals surface area contributed by atoms with Gasteiger partial charge in [0.25, 0.3) is 5.91 Å². The summed E-state index contributed by atoms with van der Waals surface area (Å²) < 4.78 is 0. The van der Waals surface area contributed by atoms with Gasteiger partial charge in [-0.05, 0) is 44.5 Å². The minimum atomic E-state index is -0.307. The van der Waals surface area contributed by atoms with Crippen molar-refractivity contribution in [1.82, 2.24) is 10.6 Å². The zero-order chi connectivity index (χ0) is 15.8. The van der Waals surface area contributed by atoms with Gasteiger partial charge in [0, 0.05) is 17.2 Å². The molecule has 0 fully saturated rings. The molecule has 0 heterocycles. The molecule has 1 aromatic carbocycles. The summed E-state index contributed by atoms with van der Waals surface area (Å²) in [7, 11) is 0. The standard InChI is InChI=1S/C16H20N2O3/c1-11(2)18-15(20)10-17-16(21)14-7-6-13(5-4-8-19)12(3)9-14/h6-7,9,11,19H,8,10H2,1-3H3,(H,17,21)(H,18,20). The maximum atomic E-state index is 11.9. The highest BCUT2D eigenvalue weighted by atomic mass is 16.2. The summed E-state index contributed by atoms with van der Waals surface area (Å²) in [4.78, 5) is 23.4. The monoisotopic (exact) mass is 288 g/mol. The summed E-state index contributed by atoms with van der Waals surface area (Å²) >= 11 is 0. The van der Waals surface area contributed by atoms with E-state index in [1.807, 2.05) is 20.8 Å². The molecular weight excluding hydrogens is 268 g/mol. The summed E-state index contributed by atoms with van der Waals surface area (Å²) in [6.45, 7) is 5.29. The first-order chi connectivity index (χ1) is 9.93. The number of aryl methyl sites for hydroxylation is 1. The first kappa shape index (κ1) is 16.7. The maximum absolute atomic E-state index is 11.9. The van der Waals surface area contributed by atoms with Gasteiger partial charge in [-0.15, -0.1) is 0 Å². The minimum absolute atomic E-state index is 0.0426. The van der Waals surface area contributed by atoms with Crippen LogP contribution < -0.4 is 10.6 Å². The molecule has 0 aromatic heterocycles. The number of hydrogen-bond acceptors (Lipinski definition) is 3. The highest BCUT2D eigenvalue weighted by Gasteiger charge is 2.09. The number of carbonyl (C=O) groups is 2. The Bertz CT molecular complexity index is 583. The van der Waals surface area contributed by atoms with Crippen molar-refractivity contribution >= 4 is 11.8 Å². The van der Waals surface area contributed by atoms with Crippen LogP contribution in [0.4, 0.5) is 0 Å². The number of benzene rings is 1. The fraction of sp³-hybridized carbons (Fsp3) is 0.375. The molecule has 21 heavy (non-hydrogen) atoms. The van der Waals surface area contributed by atoms with Crippen LogP contribution in [0.5, 0.6) is 0 Å². The molecule has 0 aliphatic carbocycles. The van der Waals surface area contributed by atoms with Crippen LogP contribution >= 0.6 is 0 Å². The number of nitrogens with one attached hydrogen (secondary N) is 2. The second-order valence-corrected chi connectivity index (χ2v) is 4.89. The topological polar surface area (TPSA) is 78.4 Å². The summed E-state index contributed by atoms with van der Waals surface area (Å²) in [5.74, 6) is 4.84. The lowest BCUT2D eigenvalue weighted by atomic mass is 10.0. The van der Waals surface area contributed by atoms with Crippen LogP contribution in [0.2, 0.25) is 0 Å². The lowest BCUT2D eigenvalue weighted by Gasteiger charge is -2.09. The Morgan fingerprint density at radius 1 is 1.33 bits per heavy atom. The van der Waals surface area contributed by atoms with E-state index in [1.54, 1.807) is 18.2 Å². The highest BCUT2D eigenvalue weighted by Crippen LogP contribution is 2.10. The number of hydrogen-bond donors (Lipinski definition) is 3. The summed E-state index contributed by atoms with van der Waals surface area (Å²) in [5.41, 5.74) is 2.08. The van der Waals surface area contributed by atoms with Gasteiger partial charge < -0.3 is 15.7 Å². The molecule has 0 aliphatic rings. The largest absolute Gasteiger partial charge is 0.384 e. The first-order valence-electron chi connectivity index (χ1n) is 6.72. The molecule has 0 saturated carbocycles. The van der Waals surface area contributed by atoms with Crippen LogP contribution in [0.15, 0.2) is 18.2 Å². The molecule has 2 amide bonds. The molecule has 0 radical (unpaired) electrons. The number of carbonyl (C=O) groups excluding carboxylic acids is 2. The van der Waals surface area contributed by atoms with Crippen molar-refractivity contribution < 1.29 is 14.7 Å². The average molecular weight is 288 g/mol. The summed E-state index contributed by atoms with van der Waals surface area (Å²) in [5, 5.41) is 13.9. The van der Waals surface area contributed by atoms with E-state index in [2.05, 4.69) is 22.5 Å². The molecule has 0 aliphatic heterocycles. The average Bonchev–Trinajstić information content (AvgIpc) is 2.42. The van der Waals surface area contributed by atoms with Gasteiger partial charge in [0.2, 0.25) is 5.91 Å². The third-order valence-electron chi connectivity index (χ3n) is 2.65. The molecule has 0 atom stereocenters. The van der Waals surface area contributed by atoms with Crippen molar-refractivity contribution in [2.45, 2.75) is 26.8 Å². The van der Waals surface area contributed by atoms with E-state index in [1.165, 1.54) is 0 Å². The van der Waals surface area contributed by atoms with Gasteiger partial charge in [0.05, 0.1) is 6.54 Å². The molecule has 5 nitrogen and oxygen atoms in total. The molecule has 0 bridgehead atoms. The van der Waals surface area contributed by atoms with E-state index in [4.69, 9.17) is 5.11 Å². The molecule has 1 aromatic rings. The second-order valence-electron chi connectivity index (χ2n) is 4.89. The molecule has 5 heteroatoms. The Hall–Kier alpha value is -2.32. The Kier molecular flexibility index (Phi) is 6.44. The van der Waals surface area contributed by atoms with E-state index in [0.717, 1.165) is 11.1 Å². The van der Waals surface area contributed by atoms with Crippen molar-refractivity contribution in [3.8, 4) is 11.8 Å². The summed E-state index contributed by atoms with van der Waals surface area (Å²) in [6.07, 6.45) is 0. The fourth-order valence-corrected chi connectivity index (χ4v) is 1.72. The molecule has 0 saturated heterocycles. The highest BCUT2D eigenvalue weighted by molar-refractivity contribution is 5.96. The Morgan fingerprint density at radius 2 is 2.05 bits per heavy atom. The maximum Gasteiger partial charge on any atom is 0.251 e. The van der Waals surface area contributed by atoms with Gasteiger partial charge in [-0.25, -0.2) is 0 Å². The van der Waals surface area contributed by atoms with Crippen molar-refractivity contribution in [1.29, 1.82) is 0 Å². The number of amides is 2. The third-order valence-corrected chi connectivity index (χ3v) is 2.65. The lowest BCUT2D eigenvalue weighted by molar-refractivity contribution is -0.120. The van der Waals surface area contributed by atoms with Crippen LogP contribution in [0, 0.1) is 18.8 Å². The Morgan fingerprint density at radius 3 is 2.62 bits per heavy atom. The van der Waals surface area contributed by atoms with Crippen LogP contribution in [0.1, 0.15) is 35.3 Å². The van der Waals surface area contributed by atoms with Crippen LogP contribution in [0.3, 0.4) is 0 Å². The smallest absolute Gasteiger partial charge is 0.251 e. The van der Waals surface area contributed by atoms with E-state index < -0.39 is 0 Å². The van der Waals surface area contributed by atoms with Crippen LogP contribution in [0.25, 0.3) is 0 Å². The van der Waals surface area contributed by atoms with E-state index in [-0.39, 0.29) is 31.0 Å². The van der Waals surface area contributed by atoms with E-state index >= 15 is 0 Å². The van der Waals surface area contributed by atoms with Gasteiger partial charge in [0.1, 0.15) is 6.61 Å². The normalized spacial score (nSPS) is 9.76.